The number of benzene rings is 2. The Morgan fingerprint density at radius 2 is 1.88 bits per heavy atom. The van der Waals surface area contributed by atoms with Gasteiger partial charge in [0.05, 0.1) is 24.8 Å². The van der Waals surface area contributed by atoms with E-state index in [1.165, 1.54) is 5.56 Å². The van der Waals surface area contributed by atoms with Gasteiger partial charge in [0.15, 0.2) is 0 Å². The van der Waals surface area contributed by atoms with E-state index in [-0.39, 0.29) is 12.0 Å². The molecule has 1 amide bonds. The molecule has 2 aromatic carbocycles. The molecule has 1 saturated heterocycles. The van der Waals surface area contributed by atoms with Crippen LogP contribution in [0.15, 0.2) is 77.7 Å². The fraction of sp³-hybridized carbons (Fsp3) is 0.240. The molecule has 8 heteroatoms. The first-order chi connectivity index (χ1) is 16.3. The lowest BCUT2D eigenvalue weighted by molar-refractivity contribution is -0.140. The van der Waals surface area contributed by atoms with Crippen molar-refractivity contribution in [2.24, 2.45) is 0 Å². The number of hydrogen-bond donors (Lipinski definition) is 0. The Labute approximate surface area is 191 Å². The van der Waals surface area contributed by atoms with E-state index in [4.69, 9.17) is 9.26 Å². The molecule has 0 N–H and O–H groups in total. The van der Waals surface area contributed by atoms with E-state index < -0.39 is 0 Å². The van der Waals surface area contributed by atoms with Gasteiger partial charge in [-0.2, -0.15) is 4.98 Å². The summed E-state index contributed by atoms with van der Waals surface area (Å²) in [7, 11) is 0. The third-order valence-electron chi connectivity index (χ3n) is 5.53. The Kier molecular flexibility index (Phi) is 6.06. The van der Waals surface area contributed by atoms with Crippen LogP contribution >= 0.6 is 0 Å². The average Bonchev–Trinajstić information content (AvgIpc) is 3.33. The second-order valence-corrected chi connectivity index (χ2v) is 7.89. The predicted octanol–water partition coefficient (Wildman–Crippen LogP) is 3.81. The number of amides is 1. The van der Waals surface area contributed by atoms with Crippen molar-refractivity contribution in [3.8, 4) is 28.7 Å². The van der Waals surface area contributed by atoms with Gasteiger partial charge in [0.2, 0.25) is 11.7 Å². The maximum absolute atomic E-state index is 12.5. The Morgan fingerprint density at radius 1 is 1.06 bits per heavy atom. The van der Waals surface area contributed by atoms with Crippen LogP contribution in [0.4, 0.5) is 0 Å². The van der Waals surface area contributed by atoms with Crippen molar-refractivity contribution < 1.29 is 14.1 Å². The molecule has 8 nitrogen and oxygen atoms in total. The number of likely N-dealkylation sites (tertiary alicyclic amines) is 1. The molecule has 33 heavy (non-hydrogen) atoms. The monoisotopic (exact) mass is 441 g/mol. The average molecular weight is 441 g/mol. The molecule has 1 aliphatic heterocycles. The molecule has 5 rings (SSSR count). The number of hydrogen-bond acceptors (Lipinski definition) is 7. The van der Waals surface area contributed by atoms with Crippen LogP contribution in [-0.2, 0) is 11.2 Å². The Morgan fingerprint density at radius 3 is 2.70 bits per heavy atom. The molecule has 166 valence electrons. The van der Waals surface area contributed by atoms with E-state index >= 15 is 0 Å². The van der Waals surface area contributed by atoms with Gasteiger partial charge in [-0.1, -0.05) is 47.6 Å². The highest BCUT2D eigenvalue weighted by molar-refractivity contribution is 5.77. The van der Waals surface area contributed by atoms with Gasteiger partial charge in [-0.15, -0.1) is 0 Å². The zero-order chi connectivity index (χ0) is 22.5. The minimum Gasteiger partial charge on any atom is -0.486 e. The number of carbonyl (C=O) groups excluding carboxylic acids is 1. The lowest BCUT2D eigenvalue weighted by atomic mass is 10.1. The summed E-state index contributed by atoms with van der Waals surface area (Å²) in [6, 6.07) is 17.8. The number of ether oxygens (including phenoxy) is 1. The van der Waals surface area contributed by atoms with E-state index in [0.29, 0.717) is 48.2 Å². The molecular weight excluding hydrogens is 418 g/mol. The highest BCUT2D eigenvalue weighted by Gasteiger charge is 2.32. The van der Waals surface area contributed by atoms with Crippen molar-refractivity contribution >= 4 is 5.91 Å². The molecule has 0 saturated carbocycles. The molecule has 1 fully saturated rings. The molecule has 0 radical (unpaired) electrons. The summed E-state index contributed by atoms with van der Waals surface area (Å²) < 4.78 is 11.6. The second kappa shape index (κ2) is 9.60. The summed E-state index contributed by atoms with van der Waals surface area (Å²) >= 11 is 0. The standard InChI is InChI=1S/C25H23N5O3/c31-23(12-6-9-18-7-2-1-3-8-18)30-16-19(17-30)32-22-11-5-4-10-20(22)25-28-24(29-33-25)21-15-26-13-14-27-21/h1-5,7-8,10-11,13-15,19H,6,9,12,16-17H2. The first-order valence-corrected chi connectivity index (χ1v) is 10.9. The van der Waals surface area contributed by atoms with Gasteiger partial charge in [-0.05, 0) is 30.5 Å². The lowest BCUT2D eigenvalue weighted by Crippen LogP contribution is -2.56. The fourth-order valence-electron chi connectivity index (χ4n) is 3.74. The van der Waals surface area contributed by atoms with Crippen LogP contribution in [0.1, 0.15) is 18.4 Å². The molecule has 0 spiro atoms. The molecule has 1 aliphatic rings. The third kappa shape index (κ3) is 4.90. The smallest absolute Gasteiger partial charge is 0.262 e. The van der Waals surface area contributed by atoms with Gasteiger partial charge in [-0.3, -0.25) is 9.78 Å². The van der Waals surface area contributed by atoms with Crippen LogP contribution in [0.3, 0.4) is 0 Å². The maximum Gasteiger partial charge on any atom is 0.262 e. The summed E-state index contributed by atoms with van der Waals surface area (Å²) in [5.41, 5.74) is 2.49. The normalized spacial score (nSPS) is 13.5. The van der Waals surface area contributed by atoms with Crippen LogP contribution in [0.5, 0.6) is 5.75 Å². The summed E-state index contributed by atoms with van der Waals surface area (Å²) in [4.78, 5) is 27.0. The Hall–Kier alpha value is -4.07. The van der Waals surface area contributed by atoms with Crippen LogP contribution in [0.25, 0.3) is 23.0 Å². The molecule has 0 unspecified atom stereocenters. The summed E-state index contributed by atoms with van der Waals surface area (Å²) in [6.07, 6.45) is 6.99. The largest absolute Gasteiger partial charge is 0.486 e. The number of aryl methyl sites for hydroxylation is 1. The number of aromatic nitrogens is 4. The van der Waals surface area contributed by atoms with Gasteiger partial charge >= 0.3 is 0 Å². The van der Waals surface area contributed by atoms with Gasteiger partial charge in [0.1, 0.15) is 17.5 Å². The SMILES string of the molecule is O=C(CCCc1ccccc1)N1CC(Oc2ccccc2-c2nc(-c3cnccn3)no2)C1. The fourth-order valence-corrected chi connectivity index (χ4v) is 3.74. The minimum atomic E-state index is -0.0633. The van der Waals surface area contributed by atoms with E-state index in [9.17, 15) is 4.79 Å². The van der Waals surface area contributed by atoms with Gasteiger partial charge in [-0.25, -0.2) is 4.98 Å². The molecule has 0 aliphatic carbocycles. The molecule has 2 aromatic heterocycles. The number of nitrogens with zero attached hydrogens (tertiary/aromatic N) is 5. The second-order valence-electron chi connectivity index (χ2n) is 7.89. The summed E-state index contributed by atoms with van der Waals surface area (Å²) in [5.74, 6) is 1.53. The lowest BCUT2D eigenvalue weighted by Gasteiger charge is -2.39. The van der Waals surface area contributed by atoms with Crippen LogP contribution < -0.4 is 4.74 Å². The molecule has 4 aromatic rings. The first kappa shape index (κ1) is 20.8. The summed E-state index contributed by atoms with van der Waals surface area (Å²) in [6.45, 7) is 1.15. The number of rotatable bonds is 8. The Balaban J connectivity index is 1.16. The number of carbonyl (C=O) groups is 1. The minimum absolute atomic E-state index is 0.0633. The van der Waals surface area contributed by atoms with Crippen LogP contribution in [0, 0.1) is 0 Å². The van der Waals surface area contributed by atoms with Gasteiger partial charge in [0, 0.05) is 18.8 Å². The molecular formula is C25H23N5O3. The van der Waals surface area contributed by atoms with E-state index in [2.05, 4.69) is 32.2 Å². The predicted molar refractivity (Wildman–Crippen MR) is 121 cm³/mol. The quantitative estimate of drug-likeness (QED) is 0.410. The first-order valence-electron chi connectivity index (χ1n) is 10.9. The zero-order valence-corrected chi connectivity index (χ0v) is 18.0. The Bertz CT molecular complexity index is 1210. The van der Waals surface area contributed by atoms with Crippen molar-refractivity contribution in [2.75, 3.05) is 13.1 Å². The van der Waals surface area contributed by atoms with Crippen molar-refractivity contribution in [1.29, 1.82) is 0 Å². The zero-order valence-electron chi connectivity index (χ0n) is 18.0. The maximum atomic E-state index is 12.5. The van der Waals surface area contributed by atoms with Gasteiger partial charge < -0.3 is 14.2 Å². The van der Waals surface area contributed by atoms with E-state index in [0.717, 1.165) is 12.8 Å². The van der Waals surface area contributed by atoms with Crippen molar-refractivity contribution in [3.05, 3.63) is 78.8 Å². The highest BCUT2D eigenvalue weighted by Crippen LogP contribution is 2.31. The van der Waals surface area contributed by atoms with Crippen molar-refractivity contribution in [1.82, 2.24) is 25.0 Å². The van der Waals surface area contributed by atoms with E-state index in [1.54, 1.807) is 18.6 Å². The van der Waals surface area contributed by atoms with Gasteiger partial charge in [0.25, 0.3) is 5.89 Å². The van der Waals surface area contributed by atoms with Crippen molar-refractivity contribution in [3.63, 3.8) is 0 Å². The molecule has 3 heterocycles. The highest BCUT2D eigenvalue weighted by atomic mass is 16.5. The van der Waals surface area contributed by atoms with Crippen LogP contribution in [0.2, 0.25) is 0 Å². The molecule has 0 bridgehead atoms. The molecule has 0 atom stereocenters. The topological polar surface area (TPSA) is 94.2 Å². The van der Waals surface area contributed by atoms with Crippen molar-refractivity contribution in [2.45, 2.75) is 25.4 Å². The third-order valence-corrected chi connectivity index (χ3v) is 5.53. The van der Waals surface area contributed by atoms with Crippen LogP contribution in [-0.4, -0.2) is 50.1 Å². The number of para-hydroxylation sites is 1. The van der Waals surface area contributed by atoms with E-state index in [1.807, 2.05) is 47.4 Å². The summed E-state index contributed by atoms with van der Waals surface area (Å²) in [5, 5.41) is 4.01.